The van der Waals surface area contributed by atoms with E-state index in [1.54, 1.807) is 0 Å². The molecule has 0 aliphatic heterocycles. The van der Waals surface area contributed by atoms with Gasteiger partial charge in [0.15, 0.2) is 0 Å². The van der Waals surface area contributed by atoms with Crippen LogP contribution in [0.3, 0.4) is 0 Å². The van der Waals surface area contributed by atoms with Crippen molar-refractivity contribution >= 4 is 39.6 Å². The van der Waals surface area contributed by atoms with Gasteiger partial charge in [-0.1, -0.05) is 48.0 Å². The van der Waals surface area contributed by atoms with Gasteiger partial charge in [-0.25, -0.2) is 0 Å². The molecule has 4 aromatic rings. The number of unbranched alkanes of at least 4 members (excludes halogenated alkanes) is 1. The molecular formula is C28H31ClN4. The summed E-state index contributed by atoms with van der Waals surface area (Å²) in [5, 5.41) is 5.39. The molecule has 1 aromatic heterocycles. The highest BCUT2D eigenvalue weighted by Gasteiger charge is 2.10. The largest absolute Gasteiger partial charge is 0.384 e. The fourth-order valence-electron chi connectivity index (χ4n) is 4.01. The van der Waals surface area contributed by atoms with Crippen molar-refractivity contribution in [2.24, 2.45) is 0 Å². The number of fused-ring (bicyclic) bond motifs is 1. The van der Waals surface area contributed by atoms with E-state index in [4.69, 9.17) is 11.6 Å². The molecule has 0 unspecified atom stereocenters. The number of likely N-dealkylation sites (N-methyl/N-ethyl adjacent to an activating group) is 1. The minimum absolute atomic E-state index is 0.716. The standard InChI is InChI=1S/C28H31ClN4/c1-32(20-21-33(24-10-4-2-5-11-24)25-12-6-3-7-13-25)19-9-8-17-30-27-16-18-31-28-22-23(29)14-15-26(27)28/h2-7,10-16,18,22H,8-9,17,19-21H2,1H3,(H,30,31). The average Bonchev–Trinajstić information content (AvgIpc) is 2.85. The third-order valence-electron chi connectivity index (χ3n) is 5.83. The summed E-state index contributed by atoms with van der Waals surface area (Å²) in [4.78, 5) is 9.22. The van der Waals surface area contributed by atoms with Gasteiger partial charge in [0.25, 0.3) is 0 Å². The maximum Gasteiger partial charge on any atom is 0.0737 e. The van der Waals surface area contributed by atoms with E-state index in [2.05, 4.69) is 87.8 Å². The van der Waals surface area contributed by atoms with Crippen LogP contribution >= 0.6 is 11.6 Å². The predicted octanol–water partition coefficient (Wildman–Crippen LogP) is 6.85. The minimum Gasteiger partial charge on any atom is -0.384 e. The molecule has 3 aromatic carbocycles. The lowest BCUT2D eigenvalue weighted by Gasteiger charge is -2.27. The molecule has 4 nitrogen and oxygen atoms in total. The number of hydrogen-bond acceptors (Lipinski definition) is 4. The molecule has 0 aliphatic rings. The summed E-state index contributed by atoms with van der Waals surface area (Å²) in [6.45, 7) is 3.98. The van der Waals surface area contributed by atoms with E-state index in [0.717, 1.165) is 55.6 Å². The Morgan fingerprint density at radius 1 is 0.788 bits per heavy atom. The van der Waals surface area contributed by atoms with Crippen molar-refractivity contribution in [3.05, 3.63) is 96.1 Å². The van der Waals surface area contributed by atoms with Gasteiger partial charge in [-0.3, -0.25) is 4.98 Å². The topological polar surface area (TPSA) is 31.4 Å². The Labute approximate surface area is 201 Å². The van der Waals surface area contributed by atoms with Crippen molar-refractivity contribution in [2.45, 2.75) is 12.8 Å². The number of benzene rings is 3. The van der Waals surface area contributed by atoms with Crippen LogP contribution < -0.4 is 10.2 Å². The van der Waals surface area contributed by atoms with Crippen LogP contribution in [-0.4, -0.2) is 43.1 Å². The third-order valence-corrected chi connectivity index (χ3v) is 6.06. The fraction of sp³-hybridized carbons (Fsp3) is 0.250. The van der Waals surface area contributed by atoms with E-state index in [9.17, 15) is 0 Å². The normalized spacial score (nSPS) is 11.1. The lowest BCUT2D eigenvalue weighted by Crippen LogP contribution is -2.31. The maximum atomic E-state index is 6.09. The Hall–Kier alpha value is -3.08. The Morgan fingerprint density at radius 3 is 2.18 bits per heavy atom. The van der Waals surface area contributed by atoms with Crippen LogP contribution in [0.5, 0.6) is 0 Å². The quantitative estimate of drug-likeness (QED) is 0.249. The third kappa shape index (κ3) is 6.47. The van der Waals surface area contributed by atoms with Crippen LogP contribution in [0.1, 0.15) is 12.8 Å². The van der Waals surface area contributed by atoms with Crippen molar-refractivity contribution in [2.75, 3.05) is 43.4 Å². The SMILES string of the molecule is CN(CCCCNc1ccnc2cc(Cl)ccc12)CCN(c1ccccc1)c1ccccc1. The maximum absolute atomic E-state index is 6.09. The second-order valence-electron chi connectivity index (χ2n) is 8.28. The van der Waals surface area contributed by atoms with Gasteiger partial charge >= 0.3 is 0 Å². The number of para-hydroxylation sites is 2. The molecule has 0 atom stereocenters. The van der Waals surface area contributed by atoms with Gasteiger partial charge < -0.3 is 15.1 Å². The summed E-state index contributed by atoms with van der Waals surface area (Å²) in [6.07, 6.45) is 4.10. The number of hydrogen-bond donors (Lipinski definition) is 1. The van der Waals surface area contributed by atoms with Gasteiger partial charge in [-0.15, -0.1) is 0 Å². The van der Waals surface area contributed by atoms with Gasteiger partial charge in [0, 0.05) is 53.3 Å². The number of nitrogens with one attached hydrogen (secondary N) is 1. The van der Waals surface area contributed by atoms with Crippen LogP contribution in [-0.2, 0) is 0 Å². The molecular weight excluding hydrogens is 428 g/mol. The summed E-state index contributed by atoms with van der Waals surface area (Å²) in [6, 6.07) is 29.1. The second-order valence-corrected chi connectivity index (χ2v) is 8.72. The summed E-state index contributed by atoms with van der Waals surface area (Å²) in [7, 11) is 2.21. The minimum atomic E-state index is 0.716. The highest BCUT2D eigenvalue weighted by molar-refractivity contribution is 6.31. The van der Waals surface area contributed by atoms with Gasteiger partial charge in [0.2, 0.25) is 0 Å². The number of halogens is 1. The van der Waals surface area contributed by atoms with Crippen LogP contribution in [0.4, 0.5) is 17.1 Å². The van der Waals surface area contributed by atoms with Crippen molar-refractivity contribution in [3.8, 4) is 0 Å². The number of aromatic nitrogens is 1. The first-order chi connectivity index (χ1) is 16.2. The Kier molecular flexibility index (Phi) is 8.18. The molecule has 0 aliphatic carbocycles. The highest BCUT2D eigenvalue weighted by Crippen LogP contribution is 2.25. The molecule has 0 amide bonds. The predicted molar refractivity (Wildman–Crippen MR) is 142 cm³/mol. The van der Waals surface area contributed by atoms with E-state index in [1.807, 2.05) is 30.5 Å². The Morgan fingerprint density at radius 2 is 1.48 bits per heavy atom. The first-order valence-corrected chi connectivity index (χ1v) is 11.9. The van der Waals surface area contributed by atoms with Crippen molar-refractivity contribution in [1.82, 2.24) is 9.88 Å². The zero-order valence-electron chi connectivity index (χ0n) is 19.1. The second kappa shape index (κ2) is 11.7. The van der Waals surface area contributed by atoms with Crippen LogP contribution in [0.15, 0.2) is 91.1 Å². The monoisotopic (exact) mass is 458 g/mol. The molecule has 33 heavy (non-hydrogen) atoms. The molecule has 0 bridgehead atoms. The van der Waals surface area contributed by atoms with Crippen molar-refractivity contribution in [1.29, 1.82) is 0 Å². The molecule has 0 fully saturated rings. The van der Waals surface area contributed by atoms with Gasteiger partial charge in [-0.05, 0) is 75.0 Å². The van der Waals surface area contributed by atoms with Gasteiger partial charge in [-0.2, -0.15) is 0 Å². The van der Waals surface area contributed by atoms with Crippen molar-refractivity contribution < 1.29 is 0 Å². The number of pyridine rings is 1. The smallest absolute Gasteiger partial charge is 0.0737 e. The van der Waals surface area contributed by atoms with Crippen LogP contribution in [0, 0.1) is 0 Å². The number of nitrogens with zero attached hydrogens (tertiary/aromatic N) is 3. The molecule has 0 radical (unpaired) electrons. The number of rotatable bonds is 11. The zero-order chi connectivity index (χ0) is 22.9. The summed E-state index contributed by atoms with van der Waals surface area (Å²) in [5.41, 5.74) is 4.50. The van der Waals surface area contributed by atoms with E-state index in [1.165, 1.54) is 11.4 Å². The molecule has 0 saturated heterocycles. The van der Waals surface area contributed by atoms with E-state index in [-0.39, 0.29) is 0 Å². The molecule has 0 spiro atoms. The molecule has 4 rings (SSSR count). The molecule has 170 valence electrons. The van der Waals surface area contributed by atoms with Crippen LogP contribution in [0.25, 0.3) is 10.9 Å². The van der Waals surface area contributed by atoms with Crippen LogP contribution in [0.2, 0.25) is 5.02 Å². The summed E-state index contributed by atoms with van der Waals surface area (Å²) in [5.74, 6) is 0. The highest BCUT2D eigenvalue weighted by atomic mass is 35.5. The summed E-state index contributed by atoms with van der Waals surface area (Å²) >= 11 is 6.09. The average molecular weight is 459 g/mol. The van der Waals surface area contributed by atoms with E-state index in [0.29, 0.717) is 5.02 Å². The van der Waals surface area contributed by atoms with Gasteiger partial charge in [0.1, 0.15) is 0 Å². The Balaban J connectivity index is 1.24. The molecule has 5 heteroatoms. The fourth-order valence-corrected chi connectivity index (χ4v) is 4.18. The molecule has 1 heterocycles. The molecule has 1 N–H and O–H groups in total. The number of anilines is 3. The zero-order valence-corrected chi connectivity index (χ0v) is 19.9. The van der Waals surface area contributed by atoms with E-state index < -0.39 is 0 Å². The summed E-state index contributed by atoms with van der Waals surface area (Å²) < 4.78 is 0. The van der Waals surface area contributed by atoms with Gasteiger partial charge in [0.05, 0.1) is 5.52 Å². The first kappa shape index (κ1) is 23.1. The van der Waals surface area contributed by atoms with Crippen molar-refractivity contribution in [3.63, 3.8) is 0 Å². The van der Waals surface area contributed by atoms with E-state index >= 15 is 0 Å². The Bertz CT molecular complexity index is 1090. The lowest BCUT2D eigenvalue weighted by molar-refractivity contribution is 0.335. The first-order valence-electron chi connectivity index (χ1n) is 11.5. The molecule has 0 saturated carbocycles. The lowest BCUT2D eigenvalue weighted by atomic mass is 10.2.